The van der Waals surface area contributed by atoms with Gasteiger partial charge in [-0.25, -0.2) is 4.79 Å². The third-order valence-electron chi connectivity index (χ3n) is 3.49. The normalized spacial score (nSPS) is 11.7. The third-order valence-corrected chi connectivity index (χ3v) is 3.49. The van der Waals surface area contributed by atoms with Crippen LogP contribution in [0.15, 0.2) is 35.0 Å². The fourth-order valence-corrected chi connectivity index (χ4v) is 2.13. The zero-order valence-corrected chi connectivity index (χ0v) is 15.2. The van der Waals surface area contributed by atoms with Gasteiger partial charge in [-0.1, -0.05) is 26.0 Å². The molecule has 0 aliphatic heterocycles. The first-order valence-corrected chi connectivity index (χ1v) is 8.19. The summed E-state index contributed by atoms with van der Waals surface area (Å²) in [6.07, 6.45) is 1.37. The average Bonchev–Trinajstić information content (AvgIpc) is 3.08. The maximum Gasteiger partial charge on any atom is 0.329 e. The number of likely N-dealkylation sites (N-methyl/N-ethyl adjacent to an activating group) is 1. The first kappa shape index (κ1) is 20.5. The van der Waals surface area contributed by atoms with Crippen LogP contribution in [0, 0.1) is 5.92 Å². The molecule has 0 radical (unpaired) electrons. The highest BCUT2D eigenvalue weighted by Crippen LogP contribution is 2.08. The Morgan fingerprint density at radius 2 is 2.04 bits per heavy atom. The molecule has 25 heavy (non-hydrogen) atoms. The lowest BCUT2D eigenvalue weighted by Gasteiger charge is -2.23. The molecule has 0 unspecified atom stereocenters. The molecule has 0 aromatic carbocycles. The highest BCUT2D eigenvalue weighted by atomic mass is 16.5. The number of rotatable bonds is 9. The maximum absolute atomic E-state index is 12.3. The Morgan fingerprint density at radius 1 is 1.36 bits per heavy atom. The summed E-state index contributed by atoms with van der Waals surface area (Å²) in [4.78, 5) is 38.0. The van der Waals surface area contributed by atoms with E-state index in [2.05, 4.69) is 11.9 Å². The summed E-state index contributed by atoms with van der Waals surface area (Å²) in [6, 6.07) is 2.21. The fourth-order valence-electron chi connectivity index (χ4n) is 2.13. The molecule has 7 heteroatoms. The van der Waals surface area contributed by atoms with Crippen molar-refractivity contribution in [3.8, 4) is 0 Å². The van der Waals surface area contributed by atoms with E-state index in [1.807, 2.05) is 13.8 Å². The van der Waals surface area contributed by atoms with E-state index in [0.717, 1.165) is 5.57 Å². The molecule has 1 rings (SSSR count). The van der Waals surface area contributed by atoms with Crippen LogP contribution in [-0.4, -0.2) is 48.4 Å². The lowest BCUT2D eigenvalue weighted by Crippen LogP contribution is -2.46. The van der Waals surface area contributed by atoms with E-state index in [9.17, 15) is 14.4 Å². The SMILES string of the molecule is C=C(C)CN(CC)C(=O)COC(=O)[C@@H](NC(=O)c1ccco1)C(C)C. The van der Waals surface area contributed by atoms with Gasteiger partial charge in [0.25, 0.3) is 11.8 Å². The topological polar surface area (TPSA) is 88.9 Å². The van der Waals surface area contributed by atoms with E-state index in [1.54, 1.807) is 24.8 Å². The van der Waals surface area contributed by atoms with Crippen molar-refractivity contribution in [3.63, 3.8) is 0 Å². The van der Waals surface area contributed by atoms with Crippen LogP contribution in [0.25, 0.3) is 0 Å². The van der Waals surface area contributed by atoms with Gasteiger partial charge in [0.15, 0.2) is 12.4 Å². The number of ether oxygens (including phenoxy) is 1. The van der Waals surface area contributed by atoms with Gasteiger partial charge in [0.1, 0.15) is 6.04 Å². The van der Waals surface area contributed by atoms with E-state index in [4.69, 9.17) is 9.15 Å². The van der Waals surface area contributed by atoms with Crippen molar-refractivity contribution in [2.45, 2.75) is 33.7 Å². The van der Waals surface area contributed by atoms with Crippen LogP contribution < -0.4 is 5.32 Å². The van der Waals surface area contributed by atoms with Crippen molar-refractivity contribution in [2.24, 2.45) is 5.92 Å². The zero-order valence-electron chi connectivity index (χ0n) is 15.2. The van der Waals surface area contributed by atoms with Crippen LogP contribution >= 0.6 is 0 Å². The molecule has 7 nitrogen and oxygen atoms in total. The predicted octanol–water partition coefficient (Wildman–Crippen LogP) is 2.00. The first-order chi connectivity index (χ1) is 11.8. The number of nitrogens with zero attached hydrogens (tertiary/aromatic N) is 1. The summed E-state index contributed by atoms with van der Waals surface area (Å²) >= 11 is 0. The number of carbonyl (C=O) groups excluding carboxylic acids is 3. The van der Waals surface area contributed by atoms with E-state index in [-0.39, 0.29) is 24.2 Å². The number of furan rings is 1. The highest BCUT2D eigenvalue weighted by Gasteiger charge is 2.28. The second-order valence-corrected chi connectivity index (χ2v) is 6.15. The lowest BCUT2D eigenvalue weighted by atomic mass is 10.0. The summed E-state index contributed by atoms with van der Waals surface area (Å²) in [5.41, 5.74) is 0.840. The van der Waals surface area contributed by atoms with Gasteiger partial charge in [0.05, 0.1) is 6.26 Å². The summed E-state index contributed by atoms with van der Waals surface area (Å²) < 4.78 is 10.1. The smallest absolute Gasteiger partial charge is 0.329 e. The number of hydrogen-bond acceptors (Lipinski definition) is 5. The number of amides is 2. The molecule has 1 aromatic rings. The van der Waals surface area contributed by atoms with Gasteiger partial charge < -0.3 is 19.4 Å². The van der Waals surface area contributed by atoms with Crippen molar-refractivity contribution in [2.75, 3.05) is 19.7 Å². The molecule has 0 aliphatic rings. The van der Waals surface area contributed by atoms with Gasteiger partial charge in [0.2, 0.25) is 0 Å². The Balaban J connectivity index is 2.63. The minimum absolute atomic E-state index is 0.105. The Labute approximate surface area is 148 Å². The number of esters is 1. The van der Waals surface area contributed by atoms with E-state index in [1.165, 1.54) is 12.3 Å². The Kier molecular flexibility index (Phi) is 7.91. The molecule has 1 N–H and O–H groups in total. The Hall–Kier alpha value is -2.57. The second-order valence-electron chi connectivity index (χ2n) is 6.15. The second kappa shape index (κ2) is 9.66. The molecular weight excluding hydrogens is 324 g/mol. The molecule has 1 aromatic heterocycles. The molecule has 0 saturated heterocycles. The van der Waals surface area contributed by atoms with Crippen LogP contribution in [-0.2, 0) is 14.3 Å². The van der Waals surface area contributed by atoms with E-state index in [0.29, 0.717) is 13.1 Å². The average molecular weight is 350 g/mol. The van der Waals surface area contributed by atoms with E-state index < -0.39 is 17.9 Å². The quantitative estimate of drug-likeness (QED) is 0.543. The van der Waals surface area contributed by atoms with Gasteiger partial charge in [-0.3, -0.25) is 9.59 Å². The third kappa shape index (κ3) is 6.45. The number of nitrogens with one attached hydrogen (secondary N) is 1. The predicted molar refractivity (Wildman–Crippen MR) is 92.8 cm³/mol. The molecule has 0 spiro atoms. The lowest BCUT2D eigenvalue weighted by molar-refractivity contribution is -0.154. The van der Waals surface area contributed by atoms with Crippen LogP contribution in [0.2, 0.25) is 0 Å². The fraction of sp³-hybridized carbons (Fsp3) is 0.500. The summed E-state index contributed by atoms with van der Waals surface area (Å²) in [5, 5.41) is 2.57. The van der Waals surface area contributed by atoms with Crippen molar-refractivity contribution >= 4 is 17.8 Å². The molecule has 0 saturated carbocycles. The van der Waals surface area contributed by atoms with Crippen LogP contribution in [0.1, 0.15) is 38.2 Å². The van der Waals surface area contributed by atoms with E-state index >= 15 is 0 Å². The molecule has 138 valence electrons. The van der Waals surface area contributed by atoms with Gasteiger partial charge in [-0.05, 0) is 31.9 Å². The summed E-state index contributed by atoms with van der Waals surface area (Å²) in [7, 11) is 0. The summed E-state index contributed by atoms with van der Waals surface area (Å²) in [6.45, 7) is 11.5. The van der Waals surface area contributed by atoms with Crippen LogP contribution in [0.3, 0.4) is 0 Å². The largest absolute Gasteiger partial charge is 0.459 e. The maximum atomic E-state index is 12.3. The van der Waals surface area contributed by atoms with Crippen molar-refractivity contribution in [3.05, 3.63) is 36.3 Å². The Morgan fingerprint density at radius 3 is 2.52 bits per heavy atom. The van der Waals surface area contributed by atoms with Crippen LogP contribution in [0.4, 0.5) is 0 Å². The number of carbonyl (C=O) groups is 3. The molecule has 2 amide bonds. The minimum atomic E-state index is -0.874. The monoisotopic (exact) mass is 350 g/mol. The Bertz CT molecular complexity index is 607. The molecule has 0 bridgehead atoms. The van der Waals surface area contributed by atoms with Crippen molar-refractivity contribution in [1.29, 1.82) is 0 Å². The van der Waals surface area contributed by atoms with Gasteiger partial charge in [0, 0.05) is 13.1 Å². The molecular formula is C18H26N2O5. The van der Waals surface area contributed by atoms with Gasteiger partial charge >= 0.3 is 5.97 Å². The minimum Gasteiger partial charge on any atom is -0.459 e. The molecule has 0 fully saturated rings. The van der Waals surface area contributed by atoms with Crippen molar-refractivity contribution in [1.82, 2.24) is 10.2 Å². The van der Waals surface area contributed by atoms with Gasteiger partial charge in [-0.2, -0.15) is 0 Å². The number of hydrogen-bond donors (Lipinski definition) is 1. The van der Waals surface area contributed by atoms with Crippen molar-refractivity contribution < 1.29 is 23.5 Å². The first-order valence-electron chi connectivity index (χ1n) is 8.19. The molecule has 1 atom stereocenters. The zero-order chi connectivity index (χ0) is 19.0. The molecule has 1 heterocycles. The highest BCUT2D eigenvalue weighted by molar-refractivity contribution is 5.94. The molecule has 0 aliphatic carbocycles. The summed E-state index contributed by atoms with van der Waals surface area (Å²) in [5.74, 6) is -1.58. The van der Waals surface area contributed by atoms with Gasteiger partial charge in [-0.15, -0.1) is 0 Å². The van der Waals surface area contributed by atoms with Crippen LogP contribution in [0.5, 0.6) is 0 Å². The standard InChI is InChI=1S/C18H26N2O5/c1-6-20(10-12(2)3)15(21)11-25-18(23)16(13(4)5)19-17(22)14-8-7-9-24-14/h7-9,13,16H,2,6,10-11H2,1,3-5H3,(H,19,22)/t16-/m0/s1.